The van der Waals surface area contributed by atoms with Gasteiger partial charge in [0, 0.05) is 32.5 Å². The van der Waals surface area contributed by atoms with Crippen molar-refractivity contribution >= 4 is 11.9 Å². The van der Waals surface area contributed by atoms with Crippen molar-refractivity contribution < 1.29 is 4.74 Å². The number of hydrogen-bond acceptors (Lipinski definition) is 7. The first-order chi connectivity index (χ1) is 10.2. The molecule has 2 rings (SSSR count). The molecule has 0 radical (unpaired) electrons. The topological polar surface area (TPSA) is 76.1 Å². The predicted octanol–water partition coefficient (Wildman–Crippen LogP) is 1.73. The van der Waals surface area contributed by atoms with Crippen LogP contribution in [0.1, 0.15) is 19.4 Å². The van der Waals surface area contributed by atoms with Gasteiger partial charge in [0.15, 0.2) is 0 Å². The molecule has 7 nitrogen and oxygen atoms in total. The van der Waals surface area contributed by atoms with Gasteiger partial charge in [0.05, 0.1) is 6.61 Å². The Morgan fingerprint density at radius 2 is 2.10 bits per heavy atom. The smallest absolute Gasteiger partial charge is 0.323 e. The zero-order valence-electron chi connectivity index (χ0n) is 12.6. The van der Waals surface area contributed by atoms with E-state index in [9.17, 15) is 0 Å². The molecule has 21 heavy (non-hydrogen) atoms. The molecule has 0 atom stereocenters. The second-order valence-corrected chi connectivity index (χ2v) is 4.42. The van der Waals surface area contributed by atoms with Gasteiger partial charge < -0.3 is 15.0 Å². The fraction of sp³-hybridized carbons (Fsp3) is 0.429. The molecule has 0 aliphatic heterocycles. The van der Waals surface area contributed by atoms with Crippen LogP contribution in [0.25, 0.3) is 0 Å². The quantitative estimate of drug-likeness (QED) is 0.831. The summed E-state index contributed by atoms with van der Waals surface area (Å²) in [6.07, 6.45) is 3.58. The molecule has 7 heteroatoms. The summed E-state index contributed by atoms with van der Waals surface area (Å²) in [6, 6.07) is 4.25. The summed E-state index contributed by atoms with van der Waals surface area (Å²) < 4.78 is 5.39. The third-order valence-corrected chi connectivity index (χ3v) is 2.70. The lowest BCUT2D eigenvalue weighted by Crippen LogP contribution is -2.21. The van der Waals surface area contributed by atoms with E-state index in [1.165, 1.54) is 0 Å². The number of rotatable bonds is 7. The number of hydrogen-bond donors (Lipinski definition) is 1. The van der Waals surface area contributed by atoms with Gasteiger partial charge in [-0.2, -0.15) is 15.0 Å². The molecule has 0 spiro atoms. The van der Waals surface area contributed by atoms with Gasteiger partial charge in [0.25, 0.3) is 0 Å². The molecule has 1 N–H and O–H groups in total. The Kier molecular flexibility index (Phi) is 5.25. The lowest BCUT2D eigenvalue weighted by atomic mass is 10.3. The summed E-state index contributed by atoms with van der Waals surface area (Å²) in [5.41, 5.74) is 1.09. The van der Waals surface area contributed by atoms with Crippen LogP contribution in [0.15, 0.2) is 24.5 Å². The van der Waals surface area contributed by atoms with E-state index in [4.69, 9.17) is 4.74 Å². The molecule has 0 bridgehead atoms. The summed E-state index contributed by atoms with van der Waals surface area (Å²) in [5.74, 6) is 1.08. The highest BCUT2D eigenvalue weighted by Gasteiger charge is 2.11. The SMILES string of the molecule is CCNc1nc(OCC)nc(N(C)Cc2cccnc2)n1. The normalized spacial score (nSPS) is 10.2. The number of ether oxygens (including phenoxy) is 1. The van der Waals surface area contributed by atoms with Gasteiger partial charge >= 0.3 is 6.01 Å². The maximum absolute atomic E-state index is 5.39. The van der Waals surface area contributed by atoms with E-state index in [1.807, 2.05) is 44.1 Å². The van der Waals surface area contributed by atoms with Crippen molar-refractivity contribution in [2.24, 2.45) is 0 Å². The highest BCUT2D eigenvalue weighted by Crippen LogP contribution is 2.15. The minimum absolute atomic E-state index is 0.330. The highest BCUT2D eigenvalue weighted by atomic mass is 16.5. The van der Waals surface area contributed by atoms with Gasteiger partial charge in [0.2, 0.25) is 11.9 Å². The van der Waals surface area contributed by atoms with E-state index >= 15 is 0 Å². The number of nitrogens with zero attached hydrogens (tertiary/aromatic N) is 5. The van der Waals surface area contributed by atoms with Crippen LogP contribution < -0.4 is 15.0 Å². The van der Waals surface area contributed by atoms with E-state index in [2.05, 4.69) is 25.3 Å². The van der Waals surface area contributed by atoms with Crippen LogP contribution in [-0.2, 0) is 6.54 Å². The molecule has 2 heterocycles. The summed E-state index contributed by atoms with van der Waals surface area (Å²) in [5, 5.41) is 3.08. The maximum atomic E-state index is 5.39. The molecule has 0 aromatic carbocycles. The van der Waals surface area contributed by atoms with Crippen LogP contribution in [-0.4, -0.2) is 40.1 Å². The molecule has 0 aliphatic carbocycles. The Balaban J connectivity index is 2.20. The van der Waals surface area contributed by atoms with E-state index in [0.29, 0.717) is 31.1 Å². The molecule has 0 unspecified atom stereocenters. The van der Waals surface area contributed by atoms with Gasteiger partial charge in [-0.3, -0.25) is 4.98 Å². The molecule has 2 aromatic heterocycles. The van der Waals surface area contributed by atoms with E-state index < -0.39 is 0 Å². The molecule has 0 saturated heterocycles. The highest BCUT2D eigenvalue weighted by molar-refractivity contribution is 5.38. The molecule has 0 aliphatic rings. The fourth-order valence-corrected chi connectivity index (χ4v) is 1.78. The van der Waals surface area contributed by atoms with E-state index in [1.54, 1.807) is 6.20 Å². The first-order valence-corrected chi connectivity index (χ1v) is 6.95. The van der Waals surface area contributed by atoms with Crippen molar-refractivity contribution in [1.82, 2.24) is 19.9 Å². The second kappa shape index (κ2) is 7.37. The number of nitrogens with one attached hydrogen (secondary N) is 1. The second-order valence-electron chi connectivity index (χ2n) is 4.42. The average Bonchev–Trinajstić information content (AvgIpc) is 2.49. The van der Waals surface area contributed by atoms with Crippen molar-refractivity contribution in [2.45, 2.75) is 20.4 Å². The van der Waals surface area contributed by atoms with Crippen molar-refractivity contribution in [1.29, 1.82) is 0 Å². The van der Waals surface area contributed by atoms with Crippen molar-refractivity contribution in [3.8, 4) is 6.01 Å². The lowest BCUT2D eigenvalue weighted by molar-refractivity contribution is 0.312. The Bertz CT molecular complexity index is 538. The molecule has 112 valence electrons. The molecular weight excluding hydrogens is 268 g/mol. The number of pyridine rings is 1. The van der Waals surface area contributed by atoms with Gasteiger partial charge in [-0.15, -0.1) is 0 Å². The van der Waals surface area contributed by atoms with Crippen molar-refractivity contribution in [3.63, 3.8) is 0 Å². The lowest BCUT2D eigenvalue weighted by Gasteiger charge is -2.18. The average molecular weight is 288 g/mol. The summed E-state index contributed by atoms with van der Waals surface area (Å²) >= 11 is 0. The molecule has 0 saturated carbocycles. The molecule has 0 amide bonds. The third kappa shape index (κ3) is 4.27. The Hall–Kier alpha value is -2.44. The van der Waals surface area contributed by atoms with Crippen LogP contribution in [0.4, 0.5) is 11.9 Å². The van der Waals surface area contributed by atoms with Crippen LogP contribution in [0.5, 0.6) is 6.01 Å². The molecular formula is C14H20N6O. The molecule has 2 aromatic rings. The number of aromatic nitrogens is 4. The van der Waals surface area contributed by atoms with Gasteiger partial charge in [0.1, 0.15) is 0 Å². The van der Waals surface area contributed by atoms with Crippen LogP contribution in [0.3, 0.4) is 0 Å². The fourth-order valence-electron chi connectivity index (χ4n) is 1.78. The monoisotopic (exact) mass is 288 g/mol. The standard InChI is InChI=1S/C14H20N6O/c1-4-16-12-17-13(19-14(18-12)21-5-2)20(3)10-11-7-6-8-15-9-11/h6-9H,4-5,10H2,1-3H3,(H,16,17,18,19). The van der Waals surface area contributed by atoms with Crippen LogP contribution >= 0.6 is 0 Å². The zero-order valence-corrected chi connectivity index (χ0v) is 12.6. The van der Waals surface area contributed by atoms with Crippen molar-refractivity contribution in [3.05, 3.63) is 30.1 Å². The van der Waals surface area contributed by atoms with E-state index in [-0.39, 0.29) is 0 Å². The predicted molar refractivity (Wildman–Crippen MR) is 81.5 cm³/mol. The van der Waals surface area contributed by atoms with Crippen molar-refractivity contribution in [2.75, 3.05) is 30.4 Å². The van der Waals surface area contributed by atoms with E-state index in [0.717, 1.165) is 12.1 Å². The first-order valence-electron chi connectivity index (χ1n) is 6.95. The Morgan fingerprint density at radius 3 is 2.76 bits per heavy atom. The van der Waals surface area contributed by atoms with Gasteiger partial charge in [-0.1, -0.05) is 6.07 Å². The van der Waals surface area contributed by atoms with Gasteiger partial charge in [-0.05, 0) is 25.5 Å². The minimum atomic E-state index is 0.330. The minimum Gasteiger partial charge on any atom is -0.464 e. The third-order valence-electron chi connectivity index (χ3n) is 2.70. The first kappa shape index (κ1) is 15.0. The maximum Gasteiger partial charge on any atom is 0.323 e. The Labute approximate surface area is 124 Å². The Morgan fingerprint density at radius 1 is 1.24 bits per heavy atom. The largest absolute Gasteiger partial charge is 0.464 e. The van der Waals surface area contributed by atoms with Crippen LogP contribution in [0.2, 0.25) is 0 Å². The molecule has 0 fully saturated rings. The summed E-state index contributed by atoms with van der Waals surface area (Å²) in [6.45, 7) is 5.80. The number of anilines is 2. The summed E-state index contributed by atoms with van der Waals surface area (Å²) in [4.78, 5) is 19.0. The summed E-state index contributed by atoms with van der Waals surface area (Å²) in [7, 11) is 1.92. The zero-order chi connectivity index (χ0) is 15.1. The van der Waals surface area contributed by atoms with Crippen LogP contribution in [0, 0.1) is 0 Å². The van der Waals surface area contributed by atoms with Gasteiger partial charge in [-0.25, -0.2) is 0 Å².